The van der Waals surface area contributed by atoms with Crippen molar-refractivity contribution in [2.24, 2.45) is 10.9 Å². The maximum absolute atomic E-state index is 10.6. The summed E-state index contributed by atoms with van der Waals surface area (Å²) < 4.78 is 6.70. The number of hydrogen-bond acceptors (Lipinski definition) is 5. The van der Waals surface area contributed by atoms with E-state index in [2.05, 4.69) is 50.9 Å². The summed E-state index contributed by atoms with van der Waals surface area (Å²) in [6, 6.07) is 18.4. The van der Waals surface area contributed by atoms with Crippen LogP contribution in [0.5, 0.6) is 5.75 Å². The number of para-hydroxylation sites is 2. The smallest absolute Gasteiger partial charge is 0.191 e. The van der Waals surface area contributed by atoms with E-state index >= 15 is 0 Å². The lowest BCUT2D eigenvalue weighted by molar-refractivity contribution is 0.184. The van der Waals surface area contributed by atoms with Gasteiger partial charge in [0, 0.05) is 42.8 Å². The first-order valence-electron chi connectivity index (χ1n) is 10.7. The number of benzene rings is 2. The number of aliphatic hydroxyl groups excluding tert-OH is 1. The van der Waals surface area contributed by atoms with E-state index < -0.39 is 6.10 Å². The average molecular weight is 567 g/mol. The molecule has 0 bridgehead atoms. The molecular weight excluding hydrogens is 535 g/mol. The van der Waals surface area contributed by atoms with E-state index in [4.69, 9.17) is 4.74 Å². The number of ether oxygens (including phenoxy) is 1. The Morgan fingerprint density at radius 2 is 2.00 bits per heavy atom. The number of aliphatic hydroxyl groups is 1. The molecule has 1 saturated heterocycles. The number of halogens is 1. The molecule has 4 rings (SSSR count). The van der Waals surface area contributed by atoms with E-state index in [1.807, 2.05) is 24.3 Å². The molecule has 1 fully saturated rings. The van der Waals surface area contributed by atoms with E-state index in [1.165, 1.54) is 10.1 Å². The summed E-state index contributed by atoms with van der Waals surface area (Å²) in [4.78, 5) is 7.66. The van der Waals surface area contributed by atoms with Gasteiger partial charge in [0.1, 0.15) is 11.9 Å². The highest BCUT2D eigenvalue weighted by Gasteiger charge is 2.24. The minimum absolute atomic E-state index is 0. The number of fused-ring (bicyclic) bond motifs is 1. The Labute approximate surface area is 210 Å². The van der Waals surface area contributed by atoms with Crippen LogP contribution in [0.4, 0.5) is 5.69 Å². The van der Waals surface area contributed by atoms with Crippen LogP contribution in [0.15, 0.2) is 59.6 Å². The van der Waals surface area contributed by atoms with Crippen LogP contribution in [0.2, 0.25) is 0 Å². The van der Waals surface area contributed by atoms with Gasteiger partial charge in [-0.2, -0.15) is 0 Å². The lowest BCUT2D eigenvalue weighted by Crippen LogP contribution is -2.41. The van der Waals surface area contributed by atoms with Crippen molar-refractivity contribution in [3.8, 4) is 5.75 Å². The molecular formula is C24H31IN4O2S. The molecule has 32 heavy (non-hydrogen) atoms. The molecule has 3 N–H and O–H groups in total. The number of anilines is 1. The summed E-state index contributed by atoms with van der Waals surface area (Å²) in [5, 5.41) is 18.5. The topological polar surface area (TPSA) is 69.1 Å². The molecule has 172 valence electrons. The van der Waals surface area contributed by atoms with Crippen LogP contribution < -0.4 is 20.3 Å². The third kappa shape index (κ3) is 5.85. The van der Waals surface area contributed by atoms with Crippen LogP contribution in [0.1, 0.15) is 17.4 Å². The Balaban J connectivity index is 0.00000289. The van der Waals surface area contributed by atoms with Crippen molar-refractivity contribution < 1.29 is 9.84 Å². The third-order valence-corrected chi connectivity index (χ3v) is 6.95. The second kappa shape index (κ2) is 11.7. The van der Waals surface area contributed by atoms with Crippen molar-refractivity contribution in [1.82, 2.24) is 10.6 Å². The Bertz CT molecular complexity index is 1010. The van der Waals surface area contributed by atoms with Crippen molar-refractivity contribution in [2.45, 2.75) is 12.5 Å². The number of methoxy groups -OCH3 is 1. The van der Waals surface area contributed by atoms with Crippen molar-refractivity contribution in [2.75, 3.05) is 45.2 Å². The van der Waals surface area contributed by atoms with Gasteiger partial charge in [0.05, 0.1) is 12.8 Å². The second-order valence-corrected chi connectivity index (χ2v) is 8.92. The lowest BCUT2D eigenvalue weighted by atomic mass is 10.1. The molecule has 0 amide bonds. The predicted molar refractivity (Wildman–Crippen MR) is 145 cm³/mol. The van der Waals surface area contributed by atoms with Crippen LogP contribution >= 0.6 is 35.3 Å². The highest BCUT2D eigenvalue weighted by molar-refractivity contribution is 14.0. The Morgan fingerprint density at radius 3 is 2.78 bits per heavy atom. The minimum Gasteiger partial charge on any atom is -0.495 e. The highest BCUT2D eigenvalue weighted by atomic mass is 127. The first-order valence-corrected chi connectivity index (χ1v) is 11.5. The van der Waals surface area contributed by atoms with Crippen LogP contribution in [0, 0.1) is 5.92 Å². The van der Waals surface area contributed by atoms with Gasteiger partial charge < -0.3 is 25.4 Å². The zero-order valence-electron chi connectivity index (χ0n) is 18.5. The van der Waals surface area contributed by atoms with Crippen LogP contribution in [-0.4, -0.2) is 51.4 Å². The molecule has 3 aromatic rings. The van der Waals surface area contributed by atoms with Crippen molar-refractivity contribution in [3.63, 3.8) is 0 Å². The van der Waals surface area contributed by atoms with Crippen molar-refractivity contribution in [1.29, 1.82) is 0 Å². The number of aliphatic imine (C=N–C) groups is 1. The van der Waals surface area contributed by atoms with Gasteiger partial charge in [-0.05, 0) is 42.0 Å². The number of rotatable bonds is 7. The van der Waals surface area contributed by atoms with Gasteiger partial charge in [-0.1, -0.05) is 30.3 Å². The largest absolute Gasteiger partial charge is 0.495 e. The molecule has 0 radical (unpaired) electrons. The zero-order valence-corrected chi connectivity index (χ0v) is 21.6. The Kier molecular flexibility index (Phi) is 9.01. The fraction of sp³-hybridized carbons (Fsp3) is 0.375. The van der Waals surface area contributed by atoms with Gasteiger partial charge in [0.25, 0.3) is 0 Å². The number of nitrogens with one attached hydrogen (secondary N) is 2. The van der Waals surface area contributed by atoms with E-state index in [1.54, 1.807) is 25.5 Å². The van der Waals surface area contributed by atoms with E-state index in [9.17, 15) is 5.11 Å². The molecule has 6 nitrogen and oxygen atoms in total. The quantitative estimate of drug-likeness (QED) is 0.227. The fourth-order valence-corrected chi connectivity index (χ4v) is 5.08. The van der Waals surface area contributed by atoms with Crippen molar-refractivity contribution >= 4 is 57.0 Å². The minimum atomic E-state index is -0.566. The standard InChI is InChI=1S/C24H30N4O2S.HI/c1-25-24(27-15-20(29)23-13-18-7-3-6-10-22(18)31-23)26-14-17-11-12-28(16-17)19-8-4-5-9-21(19)30-2;/h3-10,13,17,20,29H,11-12,14-16H2,1-2H3,(H2,25,26,27);1H. The van der Waals surface area contributed by atoms with Gasteiger partial charge in [-0.25, -0.2) is 0 Å². The molecule has 2 heterocycles. The molecule has 1 aliphatic rings. The molecule has 2 atom stereocenters. The Hall–Kier alpha value is -2.04. The summed E-state index contributed by atoms with van der Waals surface area (Å²) in [6.45, 7) is 3.26. The maximum Gasteiger partial charge on any atom is 0.191 e. The summed E-state index contributed by atoms with van der Waals surface area (Å²) in [5.41, 5.74) is 1.15. The van der Waals surface area contributed by atoms with Gasteiger partial charge in [0.15, 0.2) is 5.96 Å². The predicted octanol–water partition coefficient (Wildman–Crippen LogP) is 4.25. The maximum atomic E-state index is 10.6. The highest BCUT2D eigenvalue weighted by Crippen LogP contribution is 2.32. The molecule has 1 aromatic heterocycles. The molecule has 0 saturated carbocycles. The summed E-state index contributed by atoms with van der Waals surface area (Å²) in [7, 11) is 3.48. The Morgan fingerprint density at radius 1 is 1.22 bits per heavy atom. The molecule has 8 heteroatoms. The van der Waals surface area contributed by atoms with E-state index in [-0.39, 0.29) is 24.0 Å². The first-order chi connectivity index (χ1) is 15.2. The molecule has 1 aliphatic heterocycles. The zero-order chi connectivity index (χ0) is 21.6. The van der Waals surface area contributed by atoms with Gasteiger partial charge in [-0.3, -0.25) is 4.99 Å². The molecule has 2 unspecified atom stereocenters. The average Bonchev–Trinajstić information content (AvgIpc) is 3.46. The molecule has 0 aliphatic carbocycles. The fourth-order valence-electron chi connectivity index (χ4n) is 4.03. The molecule has 2 aromatic carbocycles. The summed E-state index contributed by atoms with van der Waals surface area (Å²) in [6.07, 6.45) is 0.551. The second-order valence-electron chi connectivity index (χ2n) is 7.81. The van der Waals surface area contributed by atoms with Crippen LogP contribution in [0.3, 0.4) is 0 Å². The number of guanidine groups is 1. The summed E-state index contributed by atoms with van der Waals surface area (Å²) >= 11 is 1.63. The monoisotopic (exact) mass is 566 g/mol. The third-order valence-electron chi connectivity index (χ3n) is 5.73. The van der Waals surface area contributed by atoms with E-state index in [0.29, 0.717) is 12.5 Å². The van der Waals surface area contributed by atoms with Gasteiger partial charge >= 0.3 is 0 Å². The number of thiophene rings is 1. The lowest BCUT2D eigenvalue weighted by Gasteiger charge is -2.21. The molecule has 0 spiro atoms. The number of hydrogen-bond donors (Lipinski definition) is 3. The normalized spacial score (nSPS) is 17.2. The van der Waals surface area contributed by atoms with Crippen molar-refractivity contribution in [3.05, 3.63) is 59.5 Å². The van der Waals surface area contributed by atoms with E-state index in [0.717, 1.165) is 48.3 Å². The van der Waals surface area contributed by atoms with Crippen LogP contribution in [0.25, 0.3) is 10.1 Å². The van der Waals surface area contributed by atoms with Crippen LogP contribution in [-0.2, 0) is 0 Å². The SMILES string of the molecule is CN=C(NCC1CCN(c2ccccc2OC)C1)NCC(O)c1cc2ccccc2s1.I. The van der Waals surface area contributed by atoms with Gasteiger partial charge in [-0.15, -0.1) is 35.3 Å². The number of nitrogens with zero attached hydrogens (tertiary/aromatic N) is 2. The summed E-state index contributed by atoms with van der Waals surface area (Å²) in [5.74, 6) is 2.16. The van der Waals surface area contributed by atoms with Gasteiger partial charge in [0.2, 0.25) is 0 Å². The first kappa shape index (κ1) is 24.6.